The number of carbonyl (C=O) groups excluding carboxylic acids is 2. The predicted molar refractivity (Wildman–Crippen MR) is 84.1 cm³/mol. The van der Waals surface area contributed by atoms with E-state index in [0.717, 1.165) is 0 Å². The van der Waals surface area contributed by atoms with Gasteiger partial charge >= 0.3 is 0 Å². The average molecular weight is 347 g/mol. The highest BCUT2D eigenvalue weighted by molar-refractivity contribution is 7.89. The summed E-state index contributed by atoms with van der Waals surface area (Å²) in [7, 11) is -0.415. The Morgan fingerprint density at radius 2 is 1.91 bits per heavy atom. The van der Waals surface area contributed by atoms with Gasteiger partial charge in [-0.15, -0.1) is 0 Å². The number of sulfonamides is 1. The van der Waals surface area contributed by atoms with E-state index in [9.17, 15) is 18.0 Å². The summed E-state index contributed by atoms with van der Waals surface area (Å²) in [5.41, 5.74) is 0. The van der Waals surface area contributed by atoms with Gasteiger partial charge in [-0.05, 0) is 0 Å². The Hall–Kier alpha value is -1.19. The van der Waals surface area contributed by atoms with E-state index in [-0.39, 0.29) is 49.3 Å². The van der Waals surface area contributed by atoms with Crippen molar-refractivity contribution in [1.82, 2.24) is 14.1 Å². The summed E-state index contributed by atoms with van der Waals surface area (Å²) in [4.78, 5) is 27.2. The Labute approximate surface area is 137 Å². The molecule has 0 spiro atoms. The highest BCUT2D eigenvalue weighted by Crippen LogP contribution is 2.26. The maximum Gasteiger partial charge on any atom is 0.237 e. The molecule has 2 amide bonds. The molecule has 2 heterocycles. The van der Waals surface area contributed by atoms with Crippen molar-refractivity contribution >= 4 is 21.8 Å². The van der Waals surface area contributed by atoms with Crippen molar-refractivity contribution in [3.8, 4) is 0 Å². The first-order chi connectivity index (χ1) is 10.6. The van der Waals surface area contributed by atoms with Crippen molar-refractivity contribution in [1.29, 1.82) is 0 Å². The van der Waals surface area contributed by atoms with Gasteiger partial charge in [-0.25, -0.2) is 8.42 Å². The third-order valence-electron chi connectivity index (χ3n) is 4.23. The molecule has 8 nitrogen and oxygen atoms in total. The summed E-state index contributed by atoms with van der Waals surface area (Å²) in [6.45, 7) is 4.11. The van der Waals surface area contributed by atoms with E-state index in [1.165, 1.54) is 9.21 Å². The molecule has 0 aromatic rings. The lowest BCUT2D eigenvalue weighted by atomic mass is 10.2. The van der Waals surface area contributed by atoms with Crippen LogP contribution in [-0.2, 0) is 24.3 Å². The minimum Gasteiger partial charge on any atom is -0.374 e. The van der Waals surface area contributed by atoms with Crippen LogP contribution >= 0.6 is 0 Å². The number of amides is 2. The van der Waals surface area contributed by atoms with Crippen molar-refractivity contribution < 1.29 is 22.7 Å². The smallest absolute Gasteiger partial charge is 0.237 e. The lowest BCUT2D eigenvalue weighted by molar-refractivity contribution is -0.133. The molecule has 2 saturated heterocycles. The second-order valence-electron chi connectivity index (χ2n) is 6.52. The Morgan fingerprint density at radius 3 is 2.48 bits per heavy atom. The van der Waals surface area contributed by atoms with Gasteiger partial charge in [-0.2, -0.15) is 4.31 Å². The molecule has 2 aliphatic rings. The van der Waals surface area contributed by atoms with E-state index in [4.69, 9.17) is 4.74 Å². The van der Waals surface area contributed by atoms with Crippen molar-refractivity contribution in [3.05, 3.63) is 0 Å². The van der Waals surface area contributed by atoms with E-state index in [0.29, 0.717) is 6.54 Å². The van der Waals surface area contributed by atoms with E-state index in [1.54, 1.807) is 19.0 Å². The number of likely N-dealkylation sites (N-methyl/N-ethyl adjacent to an activating group) is 1. The Bertz CT molecular complexity index is 575. The van der Waals surface area contributed by atoms with Crippen molar-refractivity contribution in [3.63, 3.8) is 0 Å². The lowest BCUT2D eigenvalue weighted by Crippen LogP contribution is -2.50. The Morgan fingerprint density at radius 1 is 1.26 bits per heavy atom. The van der Waals surface area contributed by atoms with Gasteiger partial charge < -0.3 is 14.5 Å². The fourth-order valence-electron chi connectivity index (χ4n) is 2.86. The third-order valence-corrected chi connectivity index (χ3v) is 6.03. The number of hydrogen-bond acceptors (Lipinski definition) is 5. The SMILES string of the molecule is CC(C)C(=O)N1C[C@@H]2OCCS(=O)(=O)N(CC(=O)N(C)C)[C@@H]2C1. The molecule has 2 fully saturated rings. The van der Waals surface area contributed by atoms with E-state index in [1.807, 2.05) is 13.8 Å². The minimum absolute atomic E-state index is 0.0297. The lowest BCUT2D eigenvalue weighted by Gasteiger charge is -2.28. The van der Waals surface area contributed by atoms with Gasteiger partial charge in [-0.1, -0.05) is 13.8 Å². The molecule has 0 bridgehead atoms. The zero-order chi connectivity index (χ0) is 17.4. The van der Waals surface area contributed by atoms with Crippen molar-refractivity contribution in [2.24, 2.45) is 5.92 Å². The molecule has 2 atom stereocenters. The van der Waals surface area contributed by atoms with Crippen LogP contribution < -0.4 is 0 Å². The summed E-state index contributed by atoms with van der Waals surface area (Å²) in [5, 5.41) is 0. The first-order valence-corrected chi connectivity index (χ1v) is 9.34. The van der Waals surface area contributed by atoms with E-state index in [2.05, 4.69) is 0 Å². The number of carbonyl (C=O) groups is 2. The quantitative estimate of drug-likeness (QED) is 0.652. The molecule has 9 heteroatoms. The summed E-state index contributed by atoms with van der Waals surface area (Å²) >= 11 is 0. The fraction of sp³-hybridized carbons (Fsp3) is 0.857. The molecule has 132 valence electrons. The van der Waals surface area contributed by atoms with E-state index >= 15 is 0 Å². The van der Waals surface area contributed by atoms with Crippen LogP contribution in [0.4, 0.5) is 0 Å². The molecule has 0 aliphatic carbocycles. The van der Waals surface area contributed by atoms with Crippen LogP contribution in [0.25, 0.3) is 0 Å². The molecule has 23 heavy (non-hydrogen) atoms. The molecule has 2 aliphatic heterocycles. The molecule has 2 rings (SSSR count). The highest BCUT2D eigenvalue weighted by atomic mass is 32.2. The van der Waals surface area contributed by atoms with Gasteiger partial charge in [0.25, 0.3) is 0 Å². The van der Waals surface area contributed by atoms with Crippen LogP contribution in [0.1, 0.15) is 13.8 Å². The number of rotatable bonds is 3. The first kappa shape index (κ1) is 18.2. The van der Waals surface area contributed by atoms with Gasteiger partial charge in [0.15, 0.2) is 0 Å². The number of likely N-dealkylation sites (tertiary alicyclic amines) is 1. The zero-order valence-corrected chi connectivity index (χ0v) is 14.9. The van der Waals surface area contributed by atoms with Crippen LogP contribution in [0.3, 0.4) is 0 Å². The number of fused-ring (bicyclic) bond motifs is 1. The van der Waals surface area contributed by atoms with Crippen LogP contribution in [0, 0.1) is 5.92 Å². The van der Waals surface area contributed by atoms with Crippen LogP contribution in [0.2, 0.25) is 0 Å². The van der Waals surface area contributed by atoms with Gasteiger partial charge in [0.1, 0.15) is 0 Å². The monoisotopic (exact) mass is 347 g/mol. The Balaban J connectivity index is 2.25. The minimum atomic E-state index is -3.59. The largest absolute Gasteiger partial charge is 0.374 e. The summed E-state index contributed by atoms with van der Waals surface area (Å²) in [5.74, 6) is -0.620. The van der Waals surface area contributed by atoms with Gasteiger partial charge in [0.05, 0.1) is 31.1 Å². The second-order valence-corrected chi connectivity index (χ2v) is 8.57. The molecule has 0 N–H and O–H groups in total. The number of nitrogens with zero attached hydrogens (tertiary/aromatic N) is 3. The third kappa shape index (κ3) is 3.84. The molecule has 0 saturated carbocycles. The van der Waals surface area contributed by atoms with Crippen molar-refractivity contribution in [2.45, 2.75) is 26.0 Å². The molecular weight excluding hydrogens is 322 g/mol. The predicted octanol–water partition coefficient (Wildman–Crippen LogP) is -1.03. The van der Waals surface area contributed by atoms with Crippen LogP contribution in [-0.4, -0.2) is 92.6 Å². The molecule has 0 aromatic carbocycles. The normalized spacial score (nSPS) is 27.6. The topological polar surface area (TPSA) is 87.2 Å². The van der Waals surface area contributed by atoms with Gasteiger partial charge in [0.2, 0.25) is 21.8 Å². The molecule has 0 radical (unpaired) electrons. The summed E-state index contributed by atoms with van der Waals surface area (Å²) in [6.07, 6.45) is -0.384. The number of hydrogen-bond donors (Lipinski definition) is 0. The van der Waals surface area contributed by atoms with Gasteiger partial charge in [0, 0.05) is 33.1 Å². The standard InChI is InChI=1S/C14H25N3O5S/c1-10(2)14(19)16-7-11-12(8-16)22-5-6-23(20,21)17(11)9-13(18)15(3)4/h10-12H,5-9H2,1-4H3/t11-,12+/m1/s1. The highest BCUT2D eigenvalue weighted by Gasteiger charge is 2.46. The maximum atomic E-state index is 12.5. The Kier molecular flexibility index (Phi) is 5.32. The van der Waals surface area contributed by atoms with Crippen LogP contribution in [0.5, 0.6) is 0 Å². The average Bonchev–Trinajstić information content (AvgIpc) is 2.81. The van der Waals surface area contributed by atoms with Gasteiger partial charge in [-0.3, -0.25) is 9.59 Å². The zero-order valence-electron chi connectivity index (χ0n) is 14.1. The second kappa shape index (κ2) is 6.74. The molecular formula is C14H25N3O5S. The maximum absolute atomic E-state index is 12.5. The van der Waals surface area contributed by atoms with Crippen molar-refractivity contribution in [2.75, 3.05) is 46.1 Å². The fourth-order valence-corrected chi connectivity index (χ4v) is 4.32. The van der Waals surface area contributed by atoms with Crippen LogP contribution in [0.15, 0.2) is 0 Å². The van der Waals surface area contributed by atoms with E-state index < -0.39 is 16.1 Å². The summed E-state index contributed by atoms with van der Waals surface area (Å²) < 4.78 is 31.8. The summed E-state index contributed by atoms with van der Waals surface area (Å²) in [6, 6.07) is -0.505. The first-order valence-electron chi connectivity index (χ1n) is 7.73. The molecule has 0 unspecified atom stereocenters. The number of ether oxygens (including phenoxy) is 1. The molecule has 0 aromatic heterocycles.